The fourth-order valence-electron chi connectivity index (χ4n) is 5.50. The van der Waals surface area contributed by atoms with E-state index in [4.69, 9.17) is 4.74 Å². The SMILES string of the molecule is CCCN(CCC)C1CCC2=C(C1)C(OC(=O)CCCC1CCCC1)=CCC2. The van der Waals surface area contributed by atoms with Gasteiger partial charge in [-0.3, -0.25) is 4.79 Å². The molecule has 0 aromatic rings. The molecule has 0 aliphatic heterocycles. The molecule has 1 unspecified atom stereocenters. The highest BCUT2D eigenvalue weighted by Gasteiger charge is 2.29. The minimum absolute atomic E-state index is 0.0147. The van der Waals surface area contributed by atoms with Gasteiger partial charge in [-0.05, 0) is 88.4 Å². The molecule has 0 heterocycles. The first kappa shape index (κ1) is 21.6. The molecule has 3 aliphatic rings. The lowest BCUT2D eigenvalue weighted by molar-refractivity contribution is -0.139. The van der Waals surface area contributed by atoms with Crippen molar-refractivity contribution >= 4 is 5.97 Å². The summed E-state index contributed by atoms with van der Waals surface area (Å²) in [7, 11) is 0. The van der Waals surface area contributed by atoms with E-state index in [0.29, 0.717) is 12.5 Å². The van der Waals surface area contributed by atoms with Gasteiger partial charge < -0.3 is 9.64 Å². The smallest absolute Gasteiger partial charge is 0.311 e. The fourth-order valence-corrected chi connectivity index (χ4v) is 5.50. The predicted molar refractivity (Wildman–Crippen MR) is 116 cm³/mol. The standard InChI is InChI=1S/C25H41NO2/c1-3-17-26(18-4-2)22-16-15-21-12-8-13-24(23(21)19-22)28-25(27)14-7-11-20-9-5-6-10-20/h13,20,22H,3-12,14-19H2,1-2H3. The maximum absolute atomic E-state index is 12.5. The molecule has 0 aromatic carbocycles. The van der Waals surface area contributed by atoms with Crippen LogP contribution in [0.4, 0.5) is 0 Å². The molecule has 28 heavy (non-hydrogen) atoms. The Bertz CT molecular complexity index is 565. The van der Waals surface area contributed by atoms with E-state index in [-0.39, 0.29) is 5.97 Å². The Morgan fingerprint density at radius 2 is 1.86 bits per heavy atom. The van der Waals surface area contributed by atoms with Crippen LogP contribution in [0.1, 0.15) is 104 Å². The molecule has 1 atom stereocenters. The third-order valence-corrected chi connectivity index (χ3v) is 6.95. The molecule has 3 heteroatoms. The Labute approximate surface area is 172 Å². The Kier molecular flexibility index (Phi) is 8.64. The predicted octanol–water partition coefficient (Wildman–Crippen LogP) is 6.54. The summed E-state index contributed by atoms with van der Waals surface area (Å²) in [5.41, 5.74) is 2.92. The molecular weight excluding hydrogens is 346 g/mol. The summed E-state index contributed by atoms with van der Waals surface area (Å²) in [6.07, 6.45) is 18.6. The molecule has 0 saturated heterocycles. The molecule has 158 valence electrons. The zero-order valence-electron chi connectivity index (χ0n) is 18.3. The lowest BCUT2D eigenvalue weighted by Crippen LogP contribution is -2.39. The van der Waals surface area contributed by atoms with Crippen molar-refractivity contribution in [1.82, 2.24) is 4.90 Å². The summed E-state index contributed by atoms with van der Waals surface area (Å²) in [4.78, 5) is 15.1. The molecule has 0 aromatic heterocycles. The van der Waals surface area contributed by atoms with Crippen LogP contribution in [0.15, 0.2) is 23.0 Å². The molecule has 1 saturated carbocycles. The Morgan fingerprint density at radius 3 is 2.57 bits per heavy atom. The van der Waals surface area contributed by atoms with Crippen LogP contribution in [0.2, 0.25) is 0 Å². The molecule has 0 amide bonds. The lowest BCUT2D eigenvalue weighted by atomic mass is 9.81. The van der Waals surface area contributed by atoms with Gasteiger partial charge in [0.15, 0.2) is 0 Å². The second-order valence-corrected chi connectivity index (χ2v) is 9.14. The average molecular weight is 388 g/mol. The van der Waals surface area contributed by atoms with Crippen molar-refractivity contribution in [2.45, 2.75) is 110 Å². The summed E-state index contributed by atoms with van der Waals surface area (Å²) in [5.74, 6) is 1.75. The molecule has 1 fully saturated rings. The van der Waals surface area contributed by atoms with Crippen molar-refractivity contribution in [2.75, 3.05) is 13.1 Å². The van der Waals surface area contributed by atoms with Gasteiger partial charge in [0.25, 0.3) is 0 Å². The second kappa shape index (κ2) is 11.2. The van der Waals surface area contributed by atoms with Crippen LogP contribution in [0.5, 0.6) is 0 Å². The first-order valence-corrected chi connectivity index (χ1v) is 12.1. The Morgan fingerprint density at radius 1 is 1.11 bits per heavy atom. The average Bonchev–Trinajstić information content (AvgIpc) is 3.21. The molecule has 3 nitrogen and oxygen atoms in total. The van der Waals surface area contributed by atoms with Crippen LogP contribution in [-0.4, -0.2) is 30.0 Å². The summed E-state index contributed by atoms with van der Waals surface area (Å²) in [5, 5.41) is 0. The van der Waals surface area contributed by atoms with Gasteiger partial charge in [-0.15, -0.1) is 0 Å². The zero-order chi connectivity index (χ0) is 19.8. The quantitative estimate of drug-likeness (QED) is 0.399. The third-order valence-electron chi connectivity index (χ3n) is 6.95. The number of nitrogens with zero attached hydrogens (tertiary/aromatic N) is 1. The monoisotopic (exact) mass is 387 g/mol. The molecule has 3 aliphatic carbocycles. The van der Waals surface area contributed by atoms with Crippen LogP contribution >= 0.6 is 0 Å². The van der Waals surface area contributed by atoms with Gasteiger partial charge in [0.2, 0.25) is 0 Å². The number of hydrogen-bond donors (Lipinski definition) is 0. The summed E-state index contributed by atoms with van der Waals surface area (Å²) in [6.45, 7) is 6.91. The van der Waals surface area contributed by atoms with Gasteiger partial charge in [-0.1, -0.05) is 45.1 Å². The molecular formula is C25H41NO2. The topological polar surface area (TPSA) is 29.5 Å². The summed E-state index contributed by atoms with van der Waals surface area (Å²) < 4.78 is 5.92. The van der Waals surface area contributed by atoms with E-state index in [1.54, 1.807) is 5.57 Å². The molecule has 0 radical (unpaired) electrons. The van der Waals surface area contributed by atoms with E-state index in [1.165, 1.54) is 76.5 Å². The maximum Gasteiger partial charge on any atom is 0.311 e. The van der Waals surface area contributed by atoms with E-state index in [1.807, 2.05) is 0 Å². The normalized spacial score (nSPS) is 23.1. The van der Waals surface area contributed by atoms with Gasteiger partial charge in [0.1, 0.15) is 5.76 Å². The summed E-state index contributed by atoms with van der Waals surface area (Å²) in [6, 6.07) is 0.612. The molecule has 0 bridgehead atoms. The van der Waals surface area contributed by atoms with Gasteiger partial charge in [0.05, 0.1) is 0 Å². The van der Waals surface area contributed by atoms with Gasteiger partial charge in [-0.2, -0.15) is 0 Å². The first-order valence-electron chi connectivity index (χ1n) is 12.1. The van der Waals surface area contributed by atoms with Crippen molar-refractivity contribution in [2.24, 2.45) is 5.92 Å². The van der Waals surface area contributed by atoms with Crippen molar-refractivity contribution < 1.29 is 9.53 Å². The fraction of sp³-hybridized carbons (Fsp3) is 0.800. The van der Waals surface area contributed by atoms with E-state index < -0.39 is 0 Å². The van der Waals surface area contributed by atoms with E-state index in [0.717, 1.165) is 37.4 Å². The number of hydrogen-bond acceptors (Lipinski definition) is 3. The number of carbonyl (C=O) groups excluding carboxylic acids is 1. The second-order valence-electron chi connectivity index (χ2n) is 9.14. The zero-order valence-corrected chi connectivity index (χ0v) is 18.3. The highest BCUT2D eigenvalue weighted by molar-refractivity contribution is 5.71. The minimum atomic E-state index is -0.0147. The lowest BCUT2D eigenvalue weighted by Gasteiger charge is -2.37. The molecule has 0 spiro atoms. The number of rotatable bonds is 10. The number of esters is 1. The minimum Gasteiger partial charge on any atom is -0.427 e. The summed E-state index contributed by atoms with van der Waals surface area (Å²) >= 11 is 0. The molecule has 3 rings (SSSR count). The number of allylic oxidation sites excluding steroid dienone is 3. The van der Waals surface area contributed by atoms with Gasteiger partial charge in [-0.25, -0.2) is 0 Å². The largest absolute Gasteiger partial charge is 0.427 e. The highest BCUT2D eigenvalue weighted by Crippen LogP contribution is 2.38. The maximum atomic E-state index is 12.5. The molecule has 0 N–H and O–H groups in total. The van der Waals surface area contributed by atoms with E-state index in [2.05, 4.69) is 24.8 Å². The van der Waals surface area contributed by atoms with Crippen molar-refractivity contribution in [3.63, 3.8) is 0 Å². The number of ether oxygens (including phenoxy) is 1. The third kappa shape index (κ3) is 5.95. The van der Waals surface area contributed by atoms with Crippen molar-refractivity contribution in [3.05, 3.63) is 23.0 Å². The van der Waals surface area contributed by atoms with Crippen molar-refractivity contribution in [1.29, 1.82) is 0 Å². The highest BCUT2D eigenvalue weighted by atomic mass is 16.5. The van der Waals surface area contributed by atoms with Crippen molar-refractivity contribution in [3.8, 4) is 0 Å². The Hall–Kier alpha value is -1.09. The van der Waals surface area contributed by atoms with Crippen LogP contribution in [0.25, 0.3) is 0 Å². The Balaban J connectivity index is 1.53. The van der Waals surface area contributed by atoms with Crippen LogP contribution in [0.3, 0.4) is 0 Å². The van der Waals surface area contributed by atoms with E-state index >= 15 is 0 Å². The first-order chi connectivity index (χ1) is 13.7. The van der Waals surface area contributed by atoms with Crippen LogP contribution in [0, 0.1) is 5.92 Å². The van der Waals surface area contributed by atoms with Gasteiger partial charge in [0, 0.05) is 12.5 Å². The van der Waals surface area contributed by atoms with Crippen LogP contribution < -0.4 is 0 Å². The van der Waals surface area contributed by atoms with Gasteiger partial charge >= 0.3 is 5.97 Å². The van der Waals surface area contributed by atoms with E-state index in [9.17, 15) is 4.79 Å². The number of carbonyl (C=O) groups is 1. The van der Waals surface area contributed by atoms with Crippen LogP contribution in [-0.2, 0) is 9.53 Å².